The van der Waals surface area contributed by atoms with Crippen molar-refractivity contribution >= 4 is 28.4 Å². The van der Waals surface area contributed by atoms with Gasteiger partial charge in [0.05, 0.1) is 24.1 Å². The Morgan fingerprint density at radius 1 is 0.975 bits per heavy atom. The van der Waals surface area contributed by atoms with Crippen molar-refractivity contribution in [2.75, 3.05) is 51.4 Å². The molecule has 1 saturated heterocycles. The Kier molecular flexibility index (Phi) is 7.36. The molecule has 6 rings (SSSR count). The zero-order chi connectivity index (χ0) is 27.6. The first-order valence-electron chi connectivity index (χ1n) is 14.0. The summed E-state index contributed by atoms with van der Waals surface area (Å²) in [4.78, 5) is 27.0. The van der Waals surface area contributed by atoms with E-state index in [0.717, 1.165) is 74.1 Å². The fraction of sp³-hybridized carbons (Fsp3) is 0.400. The molecule has 4 aromatic rings. The molecule has 2 aromatic carbocycles. The largest absolute Gasteiger partial charge is 0.496 e. The molecular weight excluding hydrogens is 504 g/mol. The molecule has 2 aliphatic rings. The van der Waals surface area contributed by atoms with Gasteiger partial charge in [0.2, 0.25) is 0 Å². The van der Waals surface area contributed by atoms with Crippen LogP contribution in [0.15, 0.2) is 54.9 Å². The number of amides is 1. The number of carbonyl (C=O) groups is 1. The quantitative estimate of drug-likeness (QED) is 0.376. The number of para-hydroxylation sites is 1. The molecule has 1 aliphatic carbocycles. The van der Waals surface area contributed by atoms with Gasteiger partial charge in [-0.3, -0.25) is 9.69 Å². The van der Waals surface area contributed by atoms with Crippen LogP contribution in [0.25, 0.3) is 22.3 Å². The van der Waals surface area contributed by atoms with Gasteiger partial charge in [-0.15, -0.1) is 0 Å². The number of ether oxygens (including phenoxy) is 1. The Balaban J connectivity index is 1.27. The molecule has 1 amide bonds. The molecule has 0 bridgehead atoms. The Labute approximate surface area is 234 Å². The summed E-state index contributed by atoms with van der Waals surface area (Å²) in [5.41, 5.74) is 9.78. The number of nitrogen functional groups attached to an aromatic ring is 1. The van der Waals surface area contributed by atoms with Gasteiger partial charge in [-0.2, -0.15) is 5.10 Å². The van der Waals surface area contributed by atoms with Crippen LogP contribution in [0.2, 0.25) is 0 Å². The van der Waals surface area contributed by atoms with E-state index in [0.29, 0.717) is 28.9 Å². The first-order chi connectivity index (χ1) is 19.5. The lowest BCUT2D eigenvalue weighted by Crippen LogP contribution is -2.49. The molecular formula is C30H36N8O2. The number of nitrogens with one attached hydrogen (secondary N) is 1. The summed E-state index contributed by atoms with van der Waals surface area (Å²) < 4.78 is 7.69. The fourth-order valence-electron chi connectivity index (χ4n) is 6.05. The van der Waals surface area contributed by atoms with Crippen LogP contribution >= 0.6 is 0 Å². The molecule has 0 unspecified atom stereocenters. The lowest BCUT2D eigenvalue weighted by Gasteiger charge is -2.41. The summed E-state index contributed by atoms with van der Waals surface area (Å²) >= 11 is 0. The van der Waals surface area contributed by atoms with Crippen LogP contribution in [-0.4, -0.2) is 81.8 Å². The summed E-state index contributed by atoms with van der Waals surface area (Å²) in [6.07, 6.45) is 5.88. The smallest absolute Gasteiger partial charge is 0.259 e. The van der Waals surface area contributed by atoms with Gasteiger partial charge >= 0.3 is 0 Å². The van der Waals surface area contributed by atoms with Crippen molar-refractivity contribution in [1.29, 1.82) is 0 Å². The van der Waals surface area contributed by atoms with Gasteiger partial charge in [-0.05, 0) is 57.0 Å². The summed E-state index contributed by atoms with van der Waals surface area (Å²) in [7, 11) is 3.76. The van der Waals surface area contributed by atoms with E-state index in [2.05, 4.69) is 32.1 Å². The number of methoxy groups -OCH3 is 1. The van der Waals surface area contributed by atoms with Gasteiger partial charge in [-0.1, -0.05) is 24.3 Å². The van der Waals surface area contributed by atoms with E-state index in [1.807, 2.05) is 47.1 Å². The lowest BCUT2D eigenvalue weighted by atomic mass is 9.90. The predicted molar refractivity (Wildman–Crippen MR) is 156 cm³/mol. The van der Waals surface area contributed by atoms with Gasteiger partial charge in [0.15, 0.2) is 5.65 Å². The van der Waals surface area contributed by atoms with Crippen molar-refractivity contribution < 1.29 is 9.53 Å². The molecule has 0 atom stereocenters. The molecule has 0 radical (unpaired) electrons. The maximum Gasteiger partial charge on any atom is 0.259 e. The number of hydrogen-bond donors (Lipinski definition) is 2. The molecule has 208 valence electrons. The number of rotatable bonds is 6. The molecule has 10 heteroatoms. The third kappa shape index (κ3) is 5.12. The number of benzene rings is 2. The number of nitrogens with zero attached hydrogens (tertiary/aromatic N) is 6. The van der Waals surface area contributed by atoms with E-state index in [9.17, 15) is 4.79 Å². The summed E-state index contributed by atoms with van der Waals surface area (Å²) in [5.74, 6) is 0.601. The molecule has 1 aliphatic heterocycles. The van der Waals surface area contributed by atoms with Crippen LogP contribution < -0.4 is 15.8 Å². The van der Waals surface area contributed by atoms with E-state index in [1.165, 1.54) is 6.33 Å². The topological polar surface area (TPSA) is 114 Å². The zero-order valence-corrected chi connectivity index (χ0v) is 23.1. The van der Waals surface area contributed by atoms with Gasteiger partial charge in [0.1, 0.15) is 23.6 Å². The van der Waals surface area contributed by atoms with E-state index in [1.54, 1.807) is 13.2 Å². The average molecular weight is 541 g/mol. The van der Waals surface area contributed by atoms with Crippen LogP contribution in [-0.2, 0) is 0 Å². The highest BCUT2D eigenvalue weighted by Gasteiger charge is 2.31. The molecule has 3 heterocycles. The van der Waals surface area contributed by atoms with Crippen LogP contribution in [0.4, 0.5) is 11.5 Å². The highest BCUT2D eigenvalue weighted by atomic mass is 16.5. The third-order valence-corrected chi connectivity index (χ3v) is 8.34. The summed E-state index contributed by atoms with van der Waals surface area (Å²) in [6, 6.07) is 15.7. The van der Waals surface area contributed by atoms with E-state index < -0.39 is 0 Å². The van der Waals surface area contributed by atoms with Crippen LogP contribution in [0, 0.1) is 0 Å². The minimum Gasteiger partial charge on any atom is -0.496 e. The number of nitrogens with two attached hydrogens (primary N) is 1. The number of piperazine rings is 1. The Bertz CT molecular complexity index is 1490. The van der Waals surface area contributed by atoms with E-state index >= 15 is 0 Å². The molecule has 0 spiro atoms. The first-order valence-corrected chi connectivity index (χ1v) is 14.0. The molecule has 2 aromatic heterocycles. The van der Waals surface area contributed by atoms with Crippen molar-refractivity contribution in [2.24, 2.45) is 0 Å². The number of likely N-dealkylation sites (N-methyl/N-ethyl adjacent to an activating group) is 1. The maximum atomic E-state index is 13.0. The van der Waals surface area contributed by atoms with Gasteiger partial charge in [-0.25, -0.2) is 14.6 Å². The highest BCUT2D eigenvalue weighted by Crippen LogP contribution is 2.38. The van der Waals surface area contributed by atoms with Crippen LogP contribution in [0.5, 0.6) is 5.75 Å². The van der Waals surface area contributed by atoms with Crippen LogP contribution in [0.3, 0.4) is 0 Å². The second-order valence-electron chi connectivity index (χ2n) is 10.8. The number of aromatic nitrogens is 4. The molecule has 2 fully saturated rings. The molecule has 1 saturated carbocycles. The number of carbonyl (C=O) groups excluding carboxylic acids is 1. The van der Waals surface area contributed by atoms with E-state index in [4.69, 9.17) is 15.6 Å². The van der Waals surface area contributed by atoms with Crippen molar-refractivity contribution in [3.05, 3.63) is 60.4 Å². The standard InChI is InChI=1S/C30H36N8O2/c1-36-14-16-37(17-15-36)22-9-11-23(12-10-22)38-29-26(28(31)32-19-33-29)27(35-38)20-8-13-24(25(18-20)40-2)30(39)34-21-6-4-3-5-7-21/h3-8,13,18-19,22-23H,9-12,14-17H2,1-2H3,(H,34,39)(H2,31,32,33)/t22-,23+. The molecule has 40 heavy (non-hydrogen) atoms. The average Bonchev–Trinajstić information content (AvgIpc) is 3.39. The monoisotopic (exact) mass is 540 g/mol. The SMILES string of the molecule is COc1cc(-c2nn([C@H]3CC[C@@H](N4CCN(C)CC4)CC3)c3ncnc(N)c23)ccc1C(=O)Nc1ccccc1. The van der Waals surface area contributed by atoms with Crippen LogP contribution in [0.1, 0.15) is 42.1 Å². The zero-order valence-electron chi connectivity index (χ0n) is 23.1. The number of anilines is 2. The van der Waals surface area contributed by atoms with E-state index in [-0.39, 0.29) is 11.9 Å². The Morgan fingerprint density at radius 3 is 2.42 bits per heavy atom. The molecule has 10 nitrogen and oxygen atoms in total. The first kappa shape index (κ1) is 26.2. The van der Waals surface area contributed by atoms with Gasteiger partial charge in [0, 0.05) is 43.5 Å². The summed E-state index contributed by atoms with van der Waals surface area (Å²) in [6.45, 7) is 4.57. The maximum absolute atomic E-state index is 13.0. The summed E-state index contributed by atoms with van der Waals surface area (Å²) in [5, 5.41) is 8.72. The number of hydrogen-bond acceptors (Lipinski definition) is 8. The van der Waals surface area contributed by atoms with Gasteiger partial charge < -0.3 is 20.7 Å². The lowest BCUT2D eigenvalue weighted by molar-refractivity contribution is 0.0815. The normalized spacial score (nSPS) is 20.4. The Morgan fingerprint density at radius 2 is 1.70 bits per heavy atom. The molecule has 3 N–H and O–H groups in total. The second kappa shape index (κ2) is 11.2. The van der Waals surface area contributed by atoms with Crippen molar-refractivity contribution in [3.8, 4) is 17.0 Å². The minimum atomic E-state index is -0.245. The highest BCUT2D eigenvalue weighted by molar-refractivity contribution is 6.07. The number of fused-ring (bicyclic) bond motifs is 1. The van der Waals surface area contributed by atoms with Crippen molar-refractivity contribution in [1.82, 2.24) is 29.5 Å². The third-order valence-electron chi connectivity index (χ3n) is 8.34. The van der Waals surface area contributed by atoms with Crippen molar-refractivity contribution in [2.45, 2.75) is 37.8 Å². The van der Waals surface area contributed by atoms with Gasteiger partial charge in [0.25, 0.3) is 5.91 Å². The second-order valence-corrected chi connectivity index (χ2v) is 10.8. The minimum absolute atomic E-state index is 0.243. The Hall–Kier alpha value is -4.02. The predicted octanol–water partition coefficient (Wildman–Crippen LogP) is 4.07. The fourth-order valence-corrected chi connectivity index (χ4v) is 6.05. The van der Waals surface area contributed by atoms with Crippen molar-refractivity contribution in [3.63, 3.8) is 0 Å².